The number of hydrogen-bond acceptors (Lipinski definition) is 2. The van der Waals surface area contributed by atoms with Crippen LogP contribution in [-0.2, 0) is 11.2 Å². The van der Waals surface area contributed by atoms with Crippen LogP contribution in [-0.4, -0.2) is 16.1 Å². The molecule has 3 nitrogen and oxygen atoms in total. The number of benzene rings is 1. The number of hydrogen-bond donors (Lipinski definition) is 1. The molecule has 0 amide bonds. The maximum Gasteiger partial charge on any atom is 0.309 e. The van der Waals surface area contributed by atoms with Crippen LogP contribution in [0, 0.1) is 13.8 Å². The molecule has 1 N–H and O–H groups in total. The standard InChI is InChI=1S/C13H13NO2/c1-8-3-4-9(2)13-11(8)6-5-10(14-13)7-12(15)16/h3-6H,7H2,1-2H3,(H,15,16). The molecule has 0 bridgehead atoms. The molecular weight excluding hydrogens is 202 g/mol. The zero-order valence-electron chi connectivity index (χ0n) is 9.32. The lowest BCUT2D eigenvalue weighted by Crippen LogP contribution is -2.02. The van der Waals surface area contributed by atoms with E-state index in [9.17, 15) is 4.79 Å². The average molecular weight is 215 g/mol. The van der Waals surface area contributed by atoms with E-state index in [1.54, 1.807) is 6.07 Å². The van der Waals surface area contributed by atoms with E-state index in [0.29, 0.717) is 5.69 Å². The van der Waals surface area contributed by atoms with Gasteiger partial charge in [0.15, 0.2) is 0 Å². The molecule has 0 saturated carbocycles. The smallest absolute Gasteiger partial charge is 0.309 e. The van der Waals surface area contributed by atoms with Crippen molar-refractivity contribution in [3.63, 3.8) is 0 Å². The van der Waals surface area contributed by atoms with Crippen molar-refractivity contribution in [1.82, 2.24) is 4.98 Å². The summed E-state index contributed by atoms with van der Waals surface area (Å²) >= 11 is 0. The minimum absolute atomic E-state index is 0.0245. The number of carboxylic acids is 1. The van der Waals surface area contributed by atoms with Gasteiger partial charge in [-0.05, 0) is 31.0 Å². The van der Waals surface area contributed by atoms with Gasteiger partial charge in [0.2, 0.25) is 0 Å². The van der Waals surface area contributed by atoms with Gasteiger partial charge in [-0.2, -0.15) is 0 Å². The number of aryl methyl sites for hydroxylation is 2. The number of aliphatic carboxylic acids is 1. The molecule has 2 aromatic rings. The molecular formula is C13H13NO2. The molecule has 1 heterocycles. The van der Waals surface area contributed by atoms with Crippen LogP contribution in [0.25, 0.3) is 10.9 Å². The third-order valence-electron chi connectivity index (χ3n) is 2.67. The Morgan fingerprint density at radius 3 is 2.56 bits per heavy atom. The Bertz CT molecular complexity index is 561. The van der Waals surface area contributed by atoms with Gasteiger partial charge in [-0.3, -0.25) is 9.78 Å². The fourth-order valence-electron chi connectivity index (χ4n) is 1.79. The average Bonchev–Trinajstić information content (AvgIpc) is 2.23. The first kappa shape index (κ1) is 10.6. The van der Waals surface area contributed by atoms with E-state index in [1.807, 2.05) is 26.0 Å². The molecule has 0 saturated heterocycles. The van der Waals surface area contributed by atoms with Gasteiger partial charge in [0.1, 0.15) is 0 Å². The lowest BCUT2D eigenvalue weighted by Gasteiger charge is -2.06. The minimum atomic E-state index is -0.850. The highest BCUT2D eigenvalue weighted by Gasteiger charge is 2.06. The van der Waals surface area contributed by atoms with Crippen molar-refractivity contribution in [2.75, 3.05) is 0 Å². The molecule has 1 aromatic carbocycles. The second-order valence-electron chi connectivity index (χ2n) is 3.97. The van der Waals surface area contributed by atoms with Crippen LogP contribution in [0.15, 0.2) is 24.3 Å². The van der Waals surface area contributed by atoms with E-state index in [1.165, 1.54) is 0 Å². The maximum atomic E-state index is 10.6. The van der Waals surface area contributed by atoms with Gasteiger partial charge >= 0.3 is 5.97 Å². The first-order chi connectivity index (χ1) is 7.58. The Labute approximate surface area is 93.7 Å². The van der Waals surface area contributed by atoms with Crippen molar-refractivity contribution in [3.8, 4) is 0 Å². The Balaban J connectivity index is 2.61. The van der Waals surface area contributed by atoms with E-state index in [2.05, 4.69) is 11.1 Å². The summed E-state index contributed by atoms with van der Waals surface area (Å²) < 4.78 is 0. The number of nitrogens with zero attached hydrogens (tertiary/aromatic N) is 1. The minimum Gasteiger partial charge on any atom is -0.481 e. The Morgan fingerprint density at radius 2 is 1.88 bits per heavy atom. The van der Waals surface area contributed by atoms with Gasteiger partial charge in [0.05, 0.1) is 17.6 Å². The predicted molar refractivity (Wildman–Crippen MR) is 62.6 cm³/mol. The van der Waals surface area contributed by atoms with Crippen LogP contribution in [0.3, 0.4) is 0 Å². The largest absolute Gasteiger partial charge is 0.481 e. The molecule has 82 valence electrons. The van der Waals surface area contributed by atoms with Gasteiger partial charge in [-0.1, -0.05) is 18.2 Å². The molecule has 0 atom stereocenters. The van der Waals surface area contributed by atoms with Crippen LogP contribution >= 0.6 is 0 Å². The summed E-state index contributed by atoms with van der Waals surface area (Å²) in [6.07, 6.45) is -0.0245. The monoisotopic (exact) mass is 215 g/mol. The summed E-state index contributed by atoms with van der Waals surface area (Å²) in [7, 11) is 0. The Kier molecular flexibility index (Phi) is 2.60. The Morgan fingerprint density at radius 1 is 1.19 bits per heavy atom. The number of aromatic nitrogens is 1. The fourth-order valence-corrected chi connectivity index (χ4v) is 1.79. The molecule has 0 aliphatic heterocycles. The summed E-state index contributed by atoms with van der Waals surface area (Å²) in [5, 5.41) is 9.81. The fraction of sp³-hybridized carbons (Fsp3) is 0.231. The first-order valence-electron chi connectivity index (χ1n) is 5.15. The third-order valence-corrected chi connectivity index (χ3v) is 2.67. The summed E-state index contributed by atoms with van der Waals surface area (Å²) in [5.74, 6) is -0.850. The SMILES string of the molecule is Cc1ccc(C)c2nc(CC(=O)O)ccc12. The topological polar surface area (TPSA) is 50.2 Å². The van der Waals surface area contributed by atoms with Crippen LogP contribution in [0.2, 0.25) is 0 Å². The normalized spacial score (nSPS) is 10.6. The van der Waals surface area contributed by atoms with Gasteiger partial charge in [0, 0.05) is 5.39 Å². The number of carboxylic acid groups (broad SMARTS) is 1. The quantitative estimate of drug-likeness (QED) is 0.837. The van der Waals surface area contributed by atoms with Crippen molar-refractivity contribution in [3.05, 3.63) is 41.1 Å². The summed E-state index contributed by atoms with van der Waals surface area (Å²) in [4.78, 5) is 15.0. The van der Waals surface area contributed by atoms with Gasteiger partial charge < -0.3 is 5.11 Å². The molecule has 0 spiro atoms. The van der Waals surface area contributed by atoms with Crippen molar-refractivity contribution >= 4 is 16.9 Å². The molecule has 2 rings (SSSR count). The molecule has 1 aromatic heterocycles. The highest BCUT2D eigenvalue weighted by molar-refractivity contribution is 5.85. The second kappa shape index (κ2) is 3.93. The molecule has 0 unspecified atom stereocenters. The van der Waals surface area contributed by atoms with Crippen molar-refractivity contribution in [2.45, 2.75) is 20.3 Å². The number of rotatable bonds is 2. The van der Waals surface area contributed by atoms with Crippen molar-refractivity contribution < 1.29 is 9.90 Å². The van der Waals surface area contributed by atoms with E-state index in [0.717, 1.165) is 22.0 Å². The predicted octanol–water partition coefficient (Wildman–Crippen LogP) is 2.48. The lowest BCUT2D eigenvalue weighted by atomic mass is 10.0. The summed E-state index contributed by atoms with van der Waals surface area (Å²) in [6, 6.07) is 7.79. The molecule has 3 heteroatoms. The highest BCUT2D eigenvalue weighted by Crippen LogP contribution is 2.20. The Hall–Kier alpha value is -1.90. The maximum absolute atomic E-state index is 10.6. The molecule has 0 radical (unpaired) electrons. The van der Waals surface area contributed by atoms with Gasteiger partial charge in [0.25, 0.3) is 0 Å². The molecule has 0 aliphatic carbocycles. The molecule has 0 fully saturated rings. The van der Waals surface area contributed by atoms with E-state index in [4.69, 9.17) is 5.11 Å². The number of fused-ring (bicyclic) bond motifs is 1. The molecule has 0 aliphatic rings. The first-order valence-corrected chi connectivity index (χ1v) is 5.15. The summed E-state index contributed by atoms with van der Waals surface area (Å²) in [6.45, 7) is 4.01. The number of pyridine rings is 1. The van der Waals surface area contributed by atoms with Crippen LogP contribution in [0.4, 0.5) is 0 Å². The third kappa shape index (κ3) is 1.89. The highest BCUT2D eigenvalue weighted by atomic mass is 16.4. The van der Waals surface area contributed by atoms with E-state index >= 15 is 0 Å². The second-order valence-corrected chi connectivity index (χ2v) is 3.97. The van der Waals surface area contributed by atoms with Crippen LogP contribution < -0.4 is 0 Å². The number of carbonyl (C=O) groups is 1. The zero-order valence-corrected chi connectivity index (χ0v) is 9.32. The van der Waals surface area contributed by atoms with Gasteiger partial charge in [-0.15, -0.1) is 0 Å². The van der Waals surface area contributed by atoms with Crippen molar-refractivity contribution in [2.24, 2.45) is 0 Å². The lowest BCUT2D eigenvalue weighted by molar-refractivity contribution is -0.136. The van der Waals surface area contributed by atoms with Crippen LogP contribution in [0.1, 0.15) is 16.8 Å². The molecule has 16 heavy (non-hydrogen) atoms. The van der Waals surface area contributed by atoms with E-state index < -0.39 is 5.97 Å². The van der Waals surface area contributed by atoms with Gasteiger partial charge in [-0.25, -0.2) is 0 Å². The summed E-state index contributed by atoms with van der Waals surface area (Å²) in [5.41, 5.74) is 3.75. The van der Waals surface area contributed by atoms with E-state index in [-0.39, 0.29) is 6.42 Å². The zero-order chi connectivity index (χ0) is 11.7. The van der Waals surface area contributed by atoms with Crippen molar-refractivity contribution in [1.29, 1.82) is 0 Å². The van der Waals surface area contributed by atoms with Crippen LogP contribution in [0.5, 0.6) is 0 Å².